The molecule has 2 amide bonds. The highest BCUT2D eigenvalue weighted by Crippen LogP contribution is 2.23. The van der Waals surface area contributed by atoms with Crippen LogP contribution in [0, 0.1) is 5.92 Å². The van der Waals surface area contributed by atoms with Crippen LogP contribution in [0.3, 0.4) is 0 Å². The van der Waals surface area contributed by atoms with Crippen LogP contribution in [0.1, 0.15) is 31.2 Å². The van der Waals surface area contributed by atoms with Gasteiger partial charge in [0.2, 0.25) is 0 Å². The molecule has 4 rings (SSSR count). The number of amides is 2. The third-order valence-electron chi connectivity index (χ3n) is 5.69. The van der Waals surface area contributed by atoms with Crippen molar-refractivity contribution in [2.75, 3.05) is 18.4 Å². The number of hydrogen-bond acceptors (Lipinski definition) is 3. The van der Waals surface area contributed by atoms with E-state index in [9.17, 15) is 4.79 Å². The Hall–Kier alpha value is -2.86. The van der Waals surface area contributed by atoms with Gasteiger partial charge in [-0.05, 0) is 68.3 Å². The van der Waals surface area contributed by atoms with Crippen molar-refractivity contribution in [1.82, 2.24) is 20.8 Å². The molecule has 1 aliphatic heterocycles. The summed E-state index contributed by atoms with van der Waals surface area (Å²) in [4.78, 5) is 12.1. The van der Waals surface area contributed by atoms with E-state index in [4.69, 9.17) is 0 Å². The van der Waals surface area contributed by atoms with E-state index in [2.05, 4.69) is 56.5 Å². The molecule has 2 heterocycles. The van der Waals surface area contributed by atoms with E-state index in [1.165, 1.54) is 24.8 Å². The molecule has 1 aliphatic rings. The molecule has 29 heavy (non-hydrogen) atoms. The van der Waals surface area contributed by atoms with Crippen LogP contribution in [0.2, 0.25) is 0 Å². The Morgan fingerprint density at radius 1 is 1.17 bits per heavy atom. The highest BCUT2D eigenvalue weighted by Gasteiger charge is 2.21. The molecule has 1 aromatic heterocycles. The molecule has 0 radical (unpaired) electrons. The first-order valence-corrected chi connectivity index (χ1v) is 10.5. The highest BCUT2D eigenvalue weighted by atomic mass is 16.2. The number of carbonyl (C=O) groups is 1. The normalized spacial score (nSPS) is 19.2. The molecule has 1 saturated heterocycles. The lowest BCUT2D eigenvalue weighted by atomic mass is 9.86. The Morgan fingerprint density at radius 3 is 2.97 bits per heavy atom. The first-order valence-electron chi connectivity index (χ1n) is 10.5. The molecule has 2 atom stereocenters. The average molecular weight is 392 g/mol. The largest absolute Gasteiger partial charge is 0.338 e. The van der Waals surface area contributed by atoms with Crippen molar-refractivity contribution < 1.29 is 4.79 Å². The molecule has 152 valence electrons. The number of aromatic nitrogens is 2. The van der Waals surface area contributed by atoms with E-state index in [0.29, 0.717) is 12.6 Å². The second-order valence-electron chi connectivity index (χ2n) is 7.93. The first-order chi connectivity index (χ1) is 14.3. The van der Waals surface area contributed by atoms with Crippen LogP contribution in [-0.4, -0.2) is 35.4 Å². The van der Waals surface area contributed by atoms with Gasteiger partial charge in [0.05, 0.1) is 11.7 Å². The summed E-state index contributed by atoms with van der Waals surface area (Å²) in [5.41, 5.74) is 3.11. The molecule has 4 N–H and O–H groups in total. The number of nitrogens with one attached hydrogen (secondary N) is 4. The molecule has 0 saturated carbocycles. The van der Waals surface area contributed by atoms with E-state index in [-0.39, 0.29) is 6.03 Å². The molecule has 3 aromatic rings. The number of benzene rings is 2. The molecule has 0 spiro atoms. The topological polar surface area (TPSA) is 81.8 Å². The number of carbonyl (C=O) groups excluding carboxylic acids is 1. The zero-order valence-corrected chi connectivity index (χ0v) is 16.7. The van der Waals surface area contributed by atoms with E-state index in [0.717, 1.165) is 41.9 Å². The fourth-order valence-corrected chi connectivity index (χ4v) is 4.19. The SMILES string of the molecule is O=C(NCCCC1CC(Cc2ccccc2)CCN1)Nc1ccc2cn[nH]c2c1. The van der Waals surface area contributed by atoms with Gasteiger partial charge in [-0.15, -0.1) is 0 Å². The highest BCUT2D eigenvalue weighted by molar-refractivity contribution is 5.92. The molecule has 2 unspecified atom stereocenters. The van der Waals surface area contributed by atoms with Crippen LogP contribution in [0.5, 0.6) is 0 Å². The monoisotopic (exact) mass is 391 g/mol. The number of H-pyrrole nitrogens is 1. The zero-order valence-electron chi connectivity index (χ0n) is 16.7. The van der Waals surface area contributed by atoms with Crippen molar-refractivity contribution >= 4 is 22.6 Å². The summed E-state index contributed by atoms with van der Waals surface area (Å²) in [5.74, 6) is 0.748. The Labute approximate surface area is 171 Å². The van der Waals surface area contributed by atoms with Gasteiger partial charge < -0.3 is 16.0 Å². The van der Waals surface area contributed by atoms with Crippen molar-refractivity contribution in [2.24, 2.45) is 5.92 Å². The average Bonchev–Trinajstić information content (AvgIpc) is 3.20. The number of piperidine rings is 1. The molecular formula is C23H29N5O. The number of aromatic amines is 1. The van der Waals surface area contributed by atoms with E-state index >= 15 is 0 Å². The molecule has 2 aromatic carbocycles. The molecule has 1 fully saturated rings. The number of nitrogens with zero attached hydrogens (tertiary/aromatic N) is 1. The lowest BCUT2D eigenvalue weighted by molar-refractivity contribution is 0.250. The van der Waals surface area contributed by atoms with Gasteiger partial charge >= 0.3 is 6.03 Å². The molecule has 0 bridgehead atoms. The minimum atomic E-state index is -0.164. The van der Waals surface area contributed by atoms with Crippen molar-refractivity contribution in [1.29, 1.82) is 0 Å². The number of hydrogen-bond donors (Lipinski definition) is 4. The van der Waals surface area contributed by atoms with Gasteiger partial charge in [-0.25, -0.2) is 4.79 Å². The maximum Gasteiger partial charge on any atom is 0.319 e. The summed E-state index contributed by atoms with van der Waals surface area (Å²) in [6.07, 6.45) is 7.45. The molecule has 0 aliphatic carbocycles. The number of fused-ring (bicyclic) bond motifs is 1. The number of anilines is 1. The van der Waals surface area contributed by atoms with Gasteiger partial charge in [0, 0.05) is 23.7 Å². The van der Waals surface area contributed by atoms with Gasteiger partial charge in [-0.3, -0.25) is 5.10 Å². The predicted molar refractivity (Wildman–Crippen MR) is 117 cm³/mol. The minimum Gasteiger partial charge on any atom is -0.338 e. The predicted octanol–water partition coefficient (Wildman–Crippen LogP) is 4.08. The lowest BCUT2D eigenvalue weighted by Gasteiger charge is -2.30. The summed E-state index contributed by atoms with van der Waals surface area (Å²) >= 11 is 0. The van der Waals surface area contributed by atoms with Gasteiger partial charge in [0.1, 0.15) is 0 Å². The van der Waals surface area contributed by atoms with Crippen LogP contribution in [0.25, 0.3) is 10.9 Å². The van der Waals surface area contributed by atoms with Gasteiger partial charge in [0.15, 0.2) is 0 Å². The zero-order chi connectivity index (χ0) is 19.9. The van der Waals surface area contributed by atoms with Crippen LogP contribution in [0.15, 0.2) is 54.7 Å². The van der Waals surface area contributed by atoms with Crippen LogP contribution in [0.4, 0.5) is 10.5 Å². The second-order valence-corrected chi connectivity index (χ2v) is 7.93. The van der Waals surface area contributed by atoms with Gasteiger partial charge in [-0.1, -0.05) is 30.3 Å². The van der Waals surface area contributed by atoms with Crippen molar-refractivity contribution in [2.45, 2.75) is 38.1 Å². The van der Waals surface area contributed by atoms with E-state index in [1.54, 1.807) is 6.20 Å². The second kappa shape index (κ2) is 9.56. The van der Waals surface area contributed by atoms with Crippen molar-refractivity contribution in [3.05, 3.63) is 60.3 Å². The fraction of sp³-hybridized carbons (Fsp3) is 0.391. The smallest absolute Gasteiger partial charge is 0.319 e. The number of urea groups is 1. The Kier molecular flexibility index (Phi) is 6.42. The van der Waals surface area contributed by atoms with E-state index < -0.39 is 0 Å². The van der Waals surface area contributed by atoms with Crippen molar-refractivity contribution in [3.8, 4) is 0 Å². The maximum absolute atomic E-state index is 12.1. The summed E-state index contributed by atoms with van der Waals surface area (Å²) in [5, 5.41) is 17.4. The Bertz CT molecular complexity index is 923. The lowest BCUT2D eigenvalue weighted by Crippen LogP contribution is -2.39. The molecule has 6 heteroatoms. The van der Waals surface area contributed by atoms with Crippen LogP contribution < -0.4 is 16.0 Å². The van der Waals surface area contributed by atoms with Gasteiger partial charge in [0.25, 0.3) is 0 Å². The van der Waals surface area contributed by atoms with Crippen LogP contribution >= 0.6 is 0 Å². The third kappa shape index (κ3) is 5.57. The summed E-state index contributed by atoms with van der Waals surface area (Å²) in [7, 11) is 0. The Balaban J connectivity index is 1.15. The first kappa shape index (κ1) is 19.5. The fourth-order valence-electron chi connectivity index (χ4n) is 4.19. The standard InChI is InChI=1S/C23H29N5O/c29-23(27-21-9-8-19-16-26-28-22(19)15-21)25-11-4-7-20-14-18(10-12-24-20)13-17-5-2-1-3-6-17/h1-3,5-6,8-9,15-16,18,20,24H,4,7,10-14H2,(H,26,28)(H2,25,27,29). The maximum atomic E-state index is 12.1. The quantitative estimate of drug-likeness (QED) is 0.458. The summed E-state index contributed by atoms with van der Waals surface area (Å²) in [6, 6.07) is 16.9. The summed E-state index contributed by atoms with van der Waals surface area (Å²) < 4.78 is 0. The van der Waals surface area contributed by atoms with Gasteiger partial charge in [-0.2, -0.15) is 5.10 Å². The minimum absolute atomic E-state index is 0.164. The number of rotatable bonds is 7. The summed E-state index contributed by atoms with van der Waals surface area (Å²) in [6.45, 7) is 1.77. The van der Waals surface area contributed by atoms with Crippen molar-refractivity contribution in [3.63, 3.8) is 0 Å². The Morgan fingerprint density at radius 2 is 2.07 bits per heavy atom. The third-order valence-corrected chi connectivity index (χ3v) is 5.69. The molecule has 6 nitrogen and oxygen atoms in total. The van der Waals surface area contributed by atoms with Crippen LogP contribution in [-0.2, 0) is 6.42 Å². The molecular weight excluding hydrogens is 362 g/mol. The van der Waals surface area contributed by atoms with E-state index in [1.807, 2.05) is 18.2 Å².